The Kier molecular flexibility index (Phi) is 24.7. The van der Waals surface area contributed by atoms with Crippen LogP contribution in [0.4, 0.5) is 0 Å². The van der Waals surface area contributed by atoms with E-state index in [4.69, 9.17) is 24.8 Å². The van der Waals surface area contributed by atoms with Crippen LogP contribution in [0.2, 0.25) is 0 Å². The van der Waals surface area contributed by atoms with E-state index in [9.17, 15) is 34.5 Å². The van der Waals surface area contributed by atoms with E-state index in [0.29, 0.717) is 17.0 Å². The number of phenolic OH excluding ortho intramolecular Hbond substituents is 6. The van der Waals surface area contributed by atoms with E-state index in [1.165, 1.54) is 151 Å². The summed E-state index contributed by atoms with van der Waals surface area (Å²) in [4.78, 5) is 47.0. The van der Waals surface area contributed by atoms with Crippen molar-refractivity contribution in [3.63, 3.8) is 0 Å². The average molecular weight is 1040 g/mol. The fourth-order valence-corrected chi connectivity index (χ4v) is 10.8. The van der Waals surface area contributed by atoms with Gasteiger partial charge in [-0.2, -0.15) is 0 Å². The Bertz CT molecular complexity index is 2550. The molecule has 4 aliphatic carbocycles. The summed E-state index contributed by atoms with van der Waals surface area (Å²) in [6.45, 7) is 6.99. The van der Waals surface area contributed by atoms with E-state index in [1.54, 1.807) is 29.8 Å². The number of aryl methyl sites for hydroxylation is 2. The number of Topliss-reactive ketones (excluding diaryl/α,β-unsaturated/α-hetero) is 2. The third-order valence-electron chi connectivity index (χ3n) is 14.8. The van der Waals surface area contributed by atoms with Gasteiger partial charge >= 0.3 is 11.9 Å². The number of esters is 2. The maximum absolute atomic E-state index is 12.6. The molecule has 0 spiro atoms. The number of ether oxygens (including phenoxy) is 2. The van der Waals surface area contributed by atoms with Crippen LogP contribution in [0.3, 0.4) is 0 Å². The van der Waals surface area contributed by atoms with Crippen LogP contribution >= 0.6 is 0 Å². The molecule has 0 aliphatic heterocycles. The van der Waals surface area contributed by atoms with Gasteiger partial charge in [-0.15, -0.1) is 0 Å². The molecule has 5 aromatic rings. The second-order valence-electron chi connectivity index (χ2n) is 21.1. The fourth-order valence-electron chi connectivity index (χ4n) is 10.8. The lowest BCUT2D eigenvalue weighted by Crippen LogP contribution is -2.19. The van der Waals surface area contributed by atoms with Crippen molar-refractivity contribution in [2.45, 2.75) is 169 Å². The largest absolute Gasteiger partial charge is 0.508 e. The van der Waals surface area contributed by atoms with Gasteiger partial charge < -0.3 is 40.1 Å². The topological polar surface area (TPSA) is 208 Å². The SMILES string of the molecule is CC(=O)Oc1ccc(C(=O)C2CCCCC2)c(OC(C)=O)c1.Cc1ccc(CC2CCCCC2)c(C)c1.O=C(c1ccc(O)cc1O)C1CCCCC1.Oc1ccc(CC2CCCCC2)c(O)c1.Oc1cccc(O)c1. The number of benzene rings is 5. The Hall–Kier alpha value is -6.82. The Morgan fingerprint density at radius 3 is 1.33 bits per heavy atom. The van der Waals surface area contributed by atoms with E-state index < -0.39 is 11.9 Å². The molecule has 4 saturated carbocycles. The summed E-state index contributed by atoms with van der Waals surface area (Å²) in [6.07, 6.45) is 26.3. The summed E-state index contributed by atoms with van der Waals surface area (Å²) in [5.74, 6) is 1.54. The molecular weight excluding hydrogens is 961 g/mol. The summed E-state index contributed by atoms with van der Waals surface area (Å²) in [6, 6.07) is 26.4. The quantitative estimate of drug-likeness (QED) is 0.0439. The van der Waals surface area contributed by atoms with Crippen molar-refractivity contribution in [1.29, 1.82) is 0 Å². The molecule has 6 N–H and O–H groups in total. The second kappa shape index (κ2) is 31.3. The van der Waals surface area contributed by atoms with Crippen LogP contribution in [0, 0.1) is 37.5 Å². The lowest BCUT2D eigenvalue weighted by molar-refractivity contribution is -0.132. The van der Waals surface area contributed by atoms with Crippen LogP contribution in [0.15, 0.2) is 97.1 Å². The van der Waals surface area contributed by atoms with Gasteiger partial charge in [0.2, 0.25) is 0 Å². The molecule has 0 radical (unpaired) electrons. The van der Waals surface area contributed by atoms with E-state index in [2.05, 4.69) is 32.0 Å². The summed E-state index contributed by atoms with van der Waals surface area (Å²) in [5, 5.41) is 54.9. The third kappa shape index (κ3) is 20.7. The normalized spacial score (nSPS) is 16.1. The van der Waals surface area contributed by atoms with E-state index in [0.717, 1.165) is 75.7 Å². The summed E-state index contributed by atoms with van der Waals surface area (Å²) in [7, 11) is 0. The highest BCUT2D eigenvalue weighted by Gasteiger charge is 2.27. The Morgan fingerprint density at radius 1 is 0.434 bits per heavy atom. The van der Waals surface area contributed by atoms with Crippen LogP contribution in [0.1, 0.15) is 185 Å². The monoisotopic (exact) mass is 1040 g/mol. The van der Waals surface area contributed by atoms with E-state index in [1.807, 2.05) is 6.07 Å². The van der Waals surface area contributed by atoms with Gasteiger partial charge in [-0.05, 0) is 123 Å². The standard InChI is InChI=1S/C17H20O5.C15H22.C13H16O3.C13H18O2.C6H6O2/c1-11(18)21-14-8-9-15(16(10-14)22-12(2)19)17(20)13-6-4-3-5-7-13;1-12-8-9-15(13(2)10-12)11-14-6-4-3-5-7-14;14-10-6-7-11(12(15)8-10)13(16)9-4-2-1-3-5-9;14-12-7-6-11(13(15)9-12)8-10-4-2-1-3-5-10;7-5-2-1-3-6(8)4-5/h8-10,13H,3-7H2,1-2H3;8-10,14H,3-7,11H2,1-2H3;6-9,14-15H,1-5H2;6-7,9-10,14-15H,1-5,8H2;1-4,7-8H. The van der Waals surface area contributed by atoms with Gasteiger partial charge in [0, 0.05) is 49.9 Å². The Morgan fingerprint density at radius 2 is 0.868 bits per heavy atom. The lowest BCUT2D eigenvalue weighted by Gasteiger charge is -2.22. The van der Waals surface area contributed by atoms with Crippen LogP contribution < -0.4 is 9.47 Å². The van der Waals surface area contributed by atoms with Gasteiger partial charge in [0.05, 0.1) is 11.1 Å². The van der Waals surface area contributed by atoms with Crippen LogP contribution in [-0.2, 0) is 22.4 Å². The molecule has 0 heterocycles. The molecular formula is C64H82O12. The van der Waals surface area contributed by atoms with Gasteiger partial charge in [-0.25, -0.2) is 0 Å². The molecule has 0 unspecified atom stereocenters. The molecule has 0 atom stereocenters. The first-order valence-corrected chi connectivity index (χ1v) is 27.6. The number of carbonyl (C=O) groups is 4. The van der Waals surface area contributed by atoms with Crippen molar-refractivity contribution in [1.82, 2.24) is 0 Å². The first-order chi connectivity index (χ1) is 36.4. The maximum atomic E-state index is 12.6. The zero-order valence-corrected chi connectivity index (χ0v) is 45.2. The van der Waals surface area contributed by atoms with Gasteiger partial charge in [0.15, 0.2) is 11.6 Å². The highest BCUT2D eigenvalue weighted by molar-refractivity contribution is 6.01. The highest BCUT2D eigenvalue weighted by atomic mass is 16.5. The van der Waals surface area contributed by atoms with E-state index in [-0.39, 0.29) is 69.4 Å². The molecule has 0 aromatic heterocycles. The molecule has 12 nitrogen and oxygen atoms in total. The van der Waals surface area contributed by atoms with Crippen molar-refractivity contribution in [2.24, 2.45) is 23.7 Å². The number of ketones is 2. The third-order valence-corrected chi connectivity index (χ3v) is 14.8. The van der Waals surface area contributed by atoms with Gasteiger partial charge in [0.25, 0.3) is 0 Å². The summed E-state index contributed by atoms with van der Waals surface area (Å²) >= 11 is 0. The van der Waals surface area contributed by atoms with Crippen molar-refractivity contribution in [3.8, 4) is 46.0 Å². The smallest absolute Gasteiger partial charge is 0.308 e. The second-order valence-corrected chi connectivity index (χ2v) is 21.1. The zero-order valence-electron chi connectivity index (χ0n) is 45.2. The number of aromatic hydroxyl groups is 6. The van der Waals surface area contributed by atoms with Crippen LogP contribution in [0.25, 0.3) is 0 Å². The number of hydrogen-bond acceptors (Lipinski definition) is 12. The van der Waals surface area contributed by atoms with Crippen molar-refractivity contribution in [2.75, 3.05) is 0 Å². The first kappa shape index (κ1) is 60.0. The molecule has 0 amide bonds. The number of phenols is 6. The van der Waals surface area contributed by atoms with Gasteiger partial charge in [0.1, 0.15) is 46.0 Å². The molecule has 0 bridgehead atoms. The predicted octanol–water partition coefficient (Wildman–Crippen LogP) is 14.9. The van der Waals surface area contributed by atoms with Crippen LogP contribution in [-0.4, -0.2) is 54.1 Å². The fraction of sp³-hybridized carbons (Fsp3) is 0.469. The molecule has 0 saturated heterocycles. The molecule has 4 aliphatic rings. The maximum Gasteiger partial charge on any atom is 0.308 e. The van der Waals surface area contributed by atoms with Gasteiger partial charge in [-0.3, -0.25) is 19.2 Å². The number of rotatable bonds is 10. The minimum atomic E-state index is -0.516. The highest BCUT2D eigenvalue weighted by Crippen LogP contribution is 2.35. The minimum absolute atomic E-state index is 0.00896. The lowest BCUT2D eigenvalue weighted by atomic mass is 9.83. The number of hydrogen-bond donors (Lipinski definition) is 6. The Balaban J connectivity index is 0.000000180. The molecule has 5 aromatic carbocycles. The van der Waals surface area contributed by atoms with Crippen molar-refractivity contribution >= 4 is 23.5 Å². The zero-order chi connectivity index (χ0) is 55.0. The molecule has 410 valence electrons. The van der Waals surface area contributed by atoms with Gasteiger partial charge in [-0.1, -0.05) is 139 Å². The molecule has 4 fully saturated rings. The summed E-state index contributed by atoms with van der Waals surface area (Å²) in [5.41, 5.74) is 6.13. The molecule has 9 rings (SSSR count). The average Bonchev–Trinajstić information content (AvgIpc) is 3.39. The molecule has 12 heteroatoms. The predicted molar refractivity (Wildman–Crippen MR) is 297 cm³/mol. The number of carbonyl (C=O) groups excluding carboxylic acids is 4. The Labute approximate surface area is 450 Å². The van der Waals surface area contributed by atoms with E-state index >= 15 is 0 Å². The minimum Gasteiger partial charge on any atom is -0.508 e. The molecule has 76 heavy (non-hydrogen) atoms. The first-order valence-electron chi connectivity index (χ1n) is 27.6. The van der Waals surface area contributed by atoms with Crippen molar-refractivity contribution < 1.29 is 59.3 Å². The summed E-state index contributed by atoms with van der Waals surface area (Å²) < 4.78 is 10.1. The van der Waals surface area contributed by atoms with Crippen molar-refractivity contribution in [3.05, 3.63) is 130 Å². The van der Waals surface area contributed by atoms with Crippen LogP contribution in [0.5, 0.6) is 46.0 Å².